The molecule has 0 spiro atoms. The Morgan fingerprint density at radius 3 is 2.63 bits per heavy atom. The monoisotopic (exact) mass is 261 g/mol. The zero-order chi connectivity index (χ0) is 14.2. The third-order valence-electron chi connectivity index (χ3n) is 3.16. The van der Waals surface area contributed by atoms with Gasteiger partial charge in [-0.3, -0.25) is 0 Å². The van der Waals surface area contributed by atoms with Gasteiger partial charge in [0.1, 0.15) is 11.5 Å². The molecular formula is C14H19N3O2. The standard InChI is InChI=1S/C14H19N3O2/c1-5-6-11-15-9(4)12-10(14(18)19)7-17(8(2)3)13(12)16-11/h7-8H,5-6H2,1-4H3,(H,18,19). The molecule has 0 atom stereocenters. The van der Waals surface area contributed by atoms with Gasteiger partial charge in [0.05, 0.1) is 16.6 Å². The summed E-state index contributed by atoms with van der Waals surface area (Å²) in [6.07, 6.45) is 3.44. The quantitative estimate of drug-likeness (QED) is 0.918. The summed E-state index contributed by atoms with van der Waals surface area (Å²) in [5.74, 6) is -0.149. The van der Waals surface area contributed by atoms with Crippen molar-refractivity contribution >= 4 is 17.0 Å². The first-order chi connectivity index (χ1) is 8.95. The molecule has 0 amide bonds. The maximum Gasteiger partial charge on any atom is 0.338 e. The van der Waals surface area contributed by atoms with Gasteiger partial charge in [0.2, 0.25) is 0 Å². The third kappa shape index (κ3) is 2.32. The Balaban J connectivity index is 2.78. The zero-order valence-corrected chi connectivity index (χ0v) is 11.8. The first kappa shape index (κ1) is 13.5. The molecule has 2 aromatic rings. The van der Waals surface area contributed by atoms with Crippen molar-refractivity contribution in [1.82, 2.24) is 14.5 Å². The Morgan fingerprint density at radius 1 is 1.42 bits per heavy atom. The number of carboxylic acids is 1. The summed E-state index contributed by atoms with van der Waals surface area (Å²) in [7, 11) is 0. The molecule has 5 heteroatoms. The van der Waals surface area contributed by atoms with Gasteiger partial charge in [0, 0.05) is 18.7 Å². The van der Waals surface area contributed by atoms with Gasteiger partial charge in [-0.05, 0) is 27.2 Å². The van der Waals surface area contributed by atoms with Crippen LogP contribution in [0, 0.1) is 6.92 Å². The fraction of sp³-hybridized carbons (Fsp3) is 0.500. The molecule has 0 radical (unpaired) electrons. The first-order valence-corrected chi connectivity index (χ1v) is 6.57. The minimum atomic E-state index is -0.931. The maximum absolute atomic E-state index is 11.3. The van der Waals surface area contributed by atoms with E-state index in [0.717, 1.165) is 30.0 Å². The predicted octanol–water partition coefficient (Wildman–Crippen LogP) is 2.97. The molecule has 2 aromatic heterocycles. The van der Waals surface area contributed by atoms with E-state index in [9.17, 15) is 9.90 Å². The third-order valence-corrected chi connectivity index (χ3v) is 3.16. The van der Waals surface area contributed by atoms with Crippen LogP contribution >= 0.6 is 0 Å². The van der Waals surface area contributed by atoms with Crippen LogP contribution < -0.4 is 0 Å². The summed E-state index contributed by atoms with van der Waals surface area (Å²) in [5, 5.41) is 9.96. The van der Waals surface area contributed by atoms with Gasteiger partial charge < -0.3 is 9.67 Å². The molecule has 0 bridgehead atoms. The summed E-state index contributed by atoms with van der Waals surface area (Å²) >= 11 is 0. The SMILES string of the molecule is CCCc1nc(C)c2c(C(=O)O)cn(C(C)C)c2n1. The lowest BCUT2D eigenvalue weighted by Gasteiger charge is -2.09. The van der Waals surface area contributed by atoms with Crippen LogP contribution in [0.5, 0.6) is 0 Å². The number of carboxylic acid groups (broad SMARTS) is 1. The molecule has 0 saturated carbocycles. The van der Waals surface area contributed by atoms with E-state index in [1.54, 1.807) is 6.20 Å². The van der Waals surface area contributed by atoms with Crippen molar-refractivity contribution in [2.24, 2.45) is 0 Å². The average molecular weight is 261 g/mol. The number of fused-ring (bicyclic) bond motifs is 1. The summed E-state index contributed by atoms with van der Waals surface area (Å²) in [6, 6.07) is 0.166. The van der Waals surface area contributed by atoms with Gasteiger partial charge in [-0.15, -0.1) is 0 Å². The summed E-state index contributed by atoms with van der Waals surface area (Å²) in [6.45, 7) is 7.96. The predicted molar refractivity (Wildman–Crippen MR) is 73.6 cm³/mol. The van der Waals surface area contributed by atoms with Crippen molar-refractivity contribution in [2.45, 2.75) is 46.6 Å². The second kappa shape index (κ2) is 4.99. The van der Waals surface area contributed by atoms with E-state index in [0.29, 0.717) is 5.39 Å². The lowest BCUT2D eigenvalue weighted by Crippen LogP contribution is -2.04. The van der Waals surface area contributed by atoms with Gasteiger partial charge in [-0.25, -0.2) is 14.8 Å². The van der Waals surface area contributed by atoms with Gasteiger partial charge in [0.15, 0.2) is 0 Å². The molecule has 1 N–H and O–H groups in total. The number of aromatic nitrogens is 3. The number of carbonyl (C=O) groups is 1. The summed E-state index contributed by atoms with van der Waals surface area (Å²) < 4.78 is 1.91. The lowest BCUT2D eigenvalue weighted by molar-refractivity contribution is 0.0698. The van der Waals surface area contributed by atoms with Crippen LogP contribution in [0.2, 0.25) is 0 Å². The van der Waals surface area contributed by atoms with Crippen molar-refractivity contribution in [2.75, 3.05) is 0 Å². The number of rotatable bonds is 4. The number of aryl methyl sites for hydroxylation is 2. The summed E-state index contributed by atoms with van der Waals surface area (Å²) in [5.41, 5.74) is 1.75. The molecule has 2 rings (SSSR count). The molecule has 19 heavy (non-hydrogen) atoms. The Kier molecular flexibility index (Phi) is 3.55. The first-order valence-electron chi connectivity index (χ1n) is 6.57. The highest BCUT2D eigenvalue weighted by molar-refractivity contribution is 6.03. The fourth-order valence-corrected chi connectivity index (χ4v) is 2.27. The number of hydrogen-bond donors (Lipinski definition) is 1. The molecule has 2 heterocycles. The molecule has 0 unspecified atom stereocenters. The van der Waals surface area contributed by atoms with Crippen molar-refractivity contribution < 1.29 is 9.90 Å². The maximum atomic E-state index is 11.3. The van der Waals surface area contributed by atoms with Crippen LogP contribution in [0.4, 0.5) is 0 Å². The van der Waals surface area contributed by atoms with Crippen LogP contribution in [-0.2, 0) is 6.42 Å². The number of nitrogens with zero attached hydrogens (tertiary/aromatic N) is 3. The molecule has 0 aliphatic rings. The van der Waals surface area contributed by atoms with Gasteiger partial charge in [0.25, 0.3) is 0 Å². The van der Waals surface area contributed by atoms with E-state index in [1.165, 1.54) is 0 Å². The molecule has 102 valence electrons. The van der Waals surface area contributed by atoms with Gasteiger partial charge in [-0.2, -0.15) is 0 Å². The molecule has 5 nitrogen and oxygen atoms in total. The lowest BCUT2D eigenvalue weighted by atomic mass is 10.2. The average Bonchev–Trinajstić information content (AvgIpc) is 2.69. The summed E-state index contributed by atoms with van der Waals surface area (Å²) in [4.78, 5) is 20.3. The van der Waals surface area contributed by atoms with E-state index in [4.69, 9.17) is 0 Å². The minimum absolute atomic E-state index is 0.166. The van der Waals surface area contributed by atoms with Gasteiger partial charge >= 0.3 is 5.97 Å². The van der Waals surface area contributed by atoms with Crippen molar-refractivity contribution in [1.29, 1.82) is 0 Å². The molecule has 0 aromatic carbocycles. The van der Waals surface area contributed by atoms with Crippen molar-refractivity contribution in [3.63, 3.8) is 0 Å². The Morgan fingerprint density at radius 2 is 2.11 bits per heavy atom. The normalized spacial score (nSPS) is 11.4. The molecule has 0 fully saturated rings. The van der Waals surface area contributed by atoms with Crippen molar-refractivity contribution in [3.8, 4) is 0 Å². The zero-order valence-electron chi connectivity index (χ0n) is 11.8. The molecule has 0 aliphatic heterocycles. The molecule has 0 aliphatic carbocycles. The van der Waals surface area contributed by atoms with Crippen LogP contribution in [0.25, 0.3) is 11.0 Å². The fourth-order valence-electron chi connectivity index (χ4n) is 2.27. The smallest absolute Gasteiger partial charge is 0.338 e. The highest BCUT2D eigenvalue weighted by Crippen LogP contribution is 2.25. The highest BCUT2D eigenvalue weighted by Gasteiger charge is 2.20. The van der Waals surface area contributed by atoms with E-state index in [1.807, 2.05) is 25.3 Å². The topological polar surface area (TPSA) is 68.0 Å². The van der Waals surface area contributed by atoms with Gasteiger partial charge in [-0.1, -0.05) is 6.92 Å². The van der Waals surface area contributed by atoms with E-state index in [-0.39, 0.29) is 11.6 Å². The van der Waals surface area contributed by atoms with Crippen LogP contribution in [-0.4, -0.2) is 25.6 Å². The van der Waals surface area contributed by atoms with Crippen LogP contribution in [0.15, 0.2) is 6.20 Å². The minimum Gasteiger partial charge on any atom is -0.478 e. The second-order valence-corrected chi connectivity index (χ2v) is 5.02. The van der Waals surface area contributed by atoms with E-state index < -0.39 is 5.97 Å². The van der Waals surface area contributed by atoms with Crippen LogP contribution in [0.3, 0.4) is 0 Å². The Bertz CT molecular complexity index is 629. The number of hydrogen-bond acceptors (Lipinski definition) is 3. The highest BCUT2D eigenvalue weighted by atomic mass is 16.4. The Labute approximate surface area is 112 Å². The van der Waals surface area contributed by atoms with Crippen molar-refractivity contribution in [3.05, 3.63) is 23.3 Å². The van der Waals surface area contributed by atoms with E-state index in [2.05, 4.69) is 16.9 Å². The largest absolute Gasteiger partial charge is 0.478 e. The molecular weight excluding hydrogens is 242 g/mol. The van der Waals surface area contributed by atoms with E-state index >= 15 is 0 Å². The molecule has 0 saturated heterocycles. The number of aromatic carboxylic acids is 1. The van der Waals surface area contributed by atoms with Crippen LogP contribution in [0.1, 0.15) is 55.1 Å². The second-order valence-electron chi connectivity index (χ2n) is 5.02. The Hall–Kier alpha value is -1.91.